The van der Waals surface area contributed by atoms with Gasteiger partial charge in [-0.1, -0.05) is 46.8 Å². The number of aromatic nitrogens is 1. The van der Waals surface area contributed by atoms with Crippen molar-refractivity contribution in [2.75, 3.05) is 19.7 Å². The summed E-state index contributed by atoms with van der Waals surface area (Å²) in [6.07, 6.45) is 3.40. The number of hydrogen-bond donors (Lipinski definition) is 2. The van der Waals surface area contributed by atoms with Gasteiger partial charge < -0.3 is 19.9 Å². The number of ether oxygens (including phenoxy) is 1. The van der Waals surface area contributed by atoms with Crippen LogP contribution in [0.25, 0.3) is 0 Å². The van der Waals surface area contributed by atoms with Gasteiger partial charge >= 0.3 is 5.97 Å². The number of amides is 2. The van der Waals surface area contributed by atoms with Crippen LogP contribution in [0.1, 0.15) is 84.2 Å². The highest BCUT2D eigenvalue weighted by atomic mass is 16.5. The van der Waals surface area contributed by atoms with Crippen molar-refractivity contribution in [2.45, 2.75) is 58.9 Å². The molecule has 0 bridgehead atoms. The molecule has 2 N–H and O–H groups in total. The zero-order valence-corrected chi connectivity index (χ0v) is 21.1. The average molecular weight is 482 g/mol. The Labute approximate surface area is 206 Å². The lowest BCUT2D eigenvalue weighted by Crippen LogP contribution is -2.45. The largest absolute Gasteiger partial charge is 0.456 e. The van der Waals surface area contributed by atoms with E-state index >= 15 is 0 Å². The maximum atomic E-state index is 12.7. The van der Waals surface area contributed by atoms with Crippen molar-refractivity contribution in [1.29, 1.82) is 0 Å². The number of nitrogens with zero attached hydrogens (tertiary/aromatic N) is 1. The molecule has 1 aromatic carbocycles. The van der Waals surface area contributed by atoms with Crippen LogP contribution in [0.15, 0.2) is 36.5 Å². The molecular weight excluding hydrogens is 446 g/mol. The summed E-state index contributed by atoms with van der Waals surface area (Å²) in [4.78, 5) is 55.0. The molecule has 0 saturated carbocycles. The van der Waals surface area contributed by atoms with Gasteiger partial charge in [0.1, 0.15) is 11.7 Å². The van der Waals surface area contributed by atoms with Crippen LogP contribution in [0, 0.1) is 5.92 Å². The first-order chi connectivity index (χ1) is 16.5. The summed E-state index contributed by atoms with van der Waals surface area (Å²) in [6, 6.07) is 7.84. The van der Waals surface area contributed by atoms with Crippen molar-refractivity contribution in [3.63, 3.8) is 0 Å². The lowest BCUT2D eigenvalue weighted by atomic mass is 9.86. The van der Waals surface area contributed by atoms with E-state index in [-0.39, 0.29) is 28.7 Å². The molecule has 188 valence electrons. The highest BCUT2D eigenvalue weighted by molar-refractivity contribution is 6.02. The molecule has 1 aliphatic heterocycles. The van der Waals surface area contributed by atoms with Gasteiger partial charge in [0.05, 0.1) is 0 Å². The van der Waals surface area contributed by atoms with E-state index in [9.17, 15) is 19.2 Å². The van der Waals surface area contributed by atoms with Gasteiger partial charge in [-0.05, 0) is 47.9 Å². The monoisotopic (exact) mass is 481 g/mol. The Balaban J connectivity index is 1.57. The molecule has 0 spiro atoms. The number of hydrogen-bond acceptors (Lipinski definition) is 5. The molecule has 2 amide bonds. The van der Waals surface area contributed by atoms with Gasteiger partial charge in [-0.2, -0.15) is 0 Å². The number of likely N-dealkylation sites (tertiary alicyclic amines) is 1. The third-order valence-corrected chi connectivity index (χ3v) is 6.19. The first-order valence-corrected chi connectivity index (χ1v) is 12.1. The summed E-state index contributed by atoms with van der Waals surface area (Å²) >= 11 is 0. The van der Waals surface area contributed by atoms with Crippen LogP contribution in [-0.4, -0.2) is 59.2 Å². The summed E-state index contributed by atoms with van der Waals surface area (Å²) in [5, 5.41) is 2.72. The lowest BCUT2D eigenvalue weighted by Gasteiger charge is -2.21. The zero-order valence-electron chi connectivity index (χ0n) is 21.1. The van der Waals surface area contributed by atoms with E-state index in [0.717, 1.165) is 18.4 Å². The van der Waals surface area contributed by atoms with E-state index in [0.29, 0.717) is 24.3 Å². The molecule has 0 radical (unpaired) electrons. The Hall–Kier alpha value is -3.42. The Kier molecular flexibility index (Phi) is 8.14. The van der Waals surface area contributed by atoms with E-state index in [1.54, 1.807) is 30.9 Å². The smallest absolute Gasteiger partial charge is 0.329 e. The second-order valence-corrected chi connectivity index (χ2v) is 10.4. The van der Waals surface area contributed by atoms with Crippen LogP contribution in [0.5, 0.6) is 0 Å². The van der Waals surface area contributed by atoms with Crippen LogP contribution >= 0.6 is 0 Å². The number of rotatable bonds is 8. The highest BCUT2D eigenvalue weighted by Crippen LogP contribution is 2.22. The molecule has 1 aromatic heterocycles. The van der Waals surface area contributed by atoms with E-state index < -0.39 is 24.4 Å². The maximum Gasteiger partial charge on any atom is 0.329 e. The first kappa shape index (κ1) is 26.2. The van der Waals surface area contributed by atoms with Gasteiger partial charge in [0.15, 0.2) is 6.61 Å². The van der Waals surface area contributed by atoms with Crippen LogP contribution in [-0.2, 0) is 14.9 Å². The predicted octanol–water partition coefficient (Wildman–Crippen LogP) is 3.73. The van der Waals surface area contributed by atoms with Gasteiger partial charge in [0, 0.05) is 30.4 Å². The summed E-state index contributed by atoms with van der Waals surface area (Å²) < 4.78 is 5.24. The molecule has 0 aliphatic carbocycles. The minimum absolute atomic E-state index is 0.0342. The number of esters is 1. The number of H-pyrrole nitrogens is 1. The molecule has 1 atom stereocenters. The minimum atomic E-state index is -0.906. The van der Waals surface area contributed by atoms with Crippen molar-refractivity contribution in [2.24, 2.45) is 5.92 Å². The number of nitrogens with one attached hydrogen (secondary N) is 2. The van der Waals surface area contributed by atoms with Gasteiger partial charge in [0.2, 0.25) is 5.78 Å². The van der Waals surface area contributed by atoms with E-state index in [1.807, 2.05) is 12.1 Å². The standard InChI is InChI=1S/C27H35N3O5/c1-17(2)23(29-24(32)18-8-10-20(11-9-18)27(3,4)5)26(34)35-16-22(31)19-14-21(28-15-19)25(33)30-12-6-7-13-30/h8-11,14-15,17,23,28H,6-7,12-13,16H2,1-5H3,(H,29,32)/t23-/m0/s1. The third-order valence-electron chi connectivity index (χ3n) is 6.19. The topological polar surface area (TPSA) is 109 Å². The average Bonchev–Trinajstić information content (AvgIpc) is 3.52. The molecule has 1 saturated heterocycles. The van der Waals surface area contributed by atoms with Crippen LogP contribution in [0.2, 0.25) is 0 Å². The Morgan fingerprint density at radius 2 is 1.66 bits per heavy atom. The van der Waals surface area contributed by atoms with Crippen molar-refractivity contribution in [1.82, 2.24) is 15.2 Å². The molecule has 35 heavy (non-hydrogen) atoms. The van der Waals surface area contributed by atoms with Crippen molar-refractivity contribution in [3.05, 3.63) is 58.9 Å². The zero-order chi connectivity index (χ0) is 25.8. The minimum Gasteiger partial charge on any atom is -0.456 e. The van der Waals surface area contributed by atoms with E-state index in [4.69, 9.17) is 4.74 Å². The Morgan fingerprint density at radius 3 is 2.23 bits per heavy atom. The fourth-order valence-corrected chi connectivity index (χ4v) is 3.92. The fourth-order valence-electron chi connectivity index (χ4n) is 3.92. The molecule has 8 nitrogen and oxygen atoms in total. The number of Topliss-reactive ketones (excluding diaryl/α,β-unsaturated/α-hetero) is 1. The lowest BCUT2D eigenvalue weighted by molar-refractivity contribution is -0.145. The second-order valence-electron chi connectivity index (χ2n) is 10.4. The SMILES string of the molecule is CC(C)[C@H](NC(=O)c1ccc(C(C)(C)C)cc1)C(=O)OCC(=O)c1c[nH]c(C(=O)N2CCCC2)c1. The normalized spacial score (nSPS) is 14.6. The van der Waals surface area contributed by atoms with Gasteiger partial charge in [0.25, 0.3) is 11.8 Å². The molecule has 3 rings (SSSR count). The highest BCUT2D eigenvalue weighted by Gasteiger charge is 2.28. The van der Waals surface area contributed by atoms with Crippen molar-refractivity contribution in [3.8, 4) is 0 Å². The number of carbonyl (C=O) groups excluding carboxylic acids is 4. The van der Waals surface area contributed by atoms with Gasteiger partial charge in [-0.3, -0.25) is 14.4 Å². The maximum absolute atomic E-state index is 12.7. The van der Waals surface area contributed by atoms with Crippen LogP contribution < -0.4 is 5.32 Å². The molecule has 2 aromatic rings. The summed E-state index contributed by atoms with van der Waals surface area (Å²) in [6.45, 7) is 10.8. The van der Waals surface area contributed by atoms with Crippen LogP contribution in [0.3, 0.4) is 0 Å². The molecule has 2 heterocycles. The second kappa shape index (κ2) is 10.9. The summed E-state index contributed by atoms with van der Waals surface area (Å²) in [5.41, 5.74) is 2.11. The number of benzene rings is 1. The number of ketones is 1. The quantitative estimate of drug-likeness (QED) is 0.441. The first-order valence-electron chi connectivity index (χ1n) is 12.1. The van der Waals surface area contributed by atoms with Crippen molar-refractivity contribution < 1.29 is 23.9 Å². The number of aromatic amines is 1. The van der Waals surface area contributed by atoms with Crippen LogP contribution in [0.4, 0.5) is 0 Å². The number of carbonyl (C=O) groups is 4. The van der Waals surface area contributed by atoms with E-state index in [1.165, 1.54) is 12.3 Å². The van der Waals surface area contributed by atoms with Gasteiger partial charge in [-0.25, -0.2) is 4.79 Å². The van der Waals surface area contributed by atoms with Crippen molar-refractivity contribution >= 4 is 23.6 Å². The van der Waals surface area contributed by atoms with E-state index in [2.05, 4.69) is 31.1 Å². The predicted molar refractivity (Wildman–Crippen MR) is 132 cm³/mol. The third kappa shape index (κ3) is 6.59. The Morgan fingerprint density at radius 1 is 1.03 bits per heavy atom. The Bertz CT molecular complexity index is 1070. The summed E-state index contributed by atoms with van der Waals surface area (Å²) in [5.74, 6) is -1.88. The molecule has 8 heteroatoms. The summed E-state index contributed by atoms with van der Waals surface area (Å²) in [7, 11) is 0. The van der Waals surface area contributed by atoms with Gasteiger partial charge in [-0.15, -0.1) is 0 Å². The molecule has 1 aliphatic rings. The molecule has 1 fully saturated rings. The fraction of sp³-hybridized carbons (Fsp3) is 0.481. The molecular formula is C27H35N3O5. The molecule has 0 unspecified atom stereocenters.